The van der Waals surface area contributed by atoms with Gasteiger partial charge in [-0.3, -0.25) is 10.6 Å². The Hall–Kier alpha value is -7.68. The minimum Gasteiger partial charge on any atom is -0.351 e. The molecule has 8 amide bonds. The number of nitrogens with two attached hydrogens (primary N) is 2. The molecule has 8 N–H and O–H groups in total. The van der Waals surface area contributed by atoms with Gasteiger partial charge in [-0.05, 0) is 179 Å². The number of carbonyl (C=O) groups is 4. The number of nitrogens with one attached hydrogen (secondary N) is 4. The molecule has 92 heavy (non-hydrogen) atoms. The molecule has 9 aromatic carbocycles. The fourth-order valence-electron chi connectivity index (χ4n) is 13.4. The molecule has 484 valence electrons. The molecule has 0 bridgehead atoms. The first-order chi connectivity index (χ1) is 44.8. The zero-order chi connectivity index (χ0) is 64.9. The van der Waals surface area contributed by atoms with Crippen molar-refractivity contribution in [3.05, 3.63) is 165 Å². The number of nitrogens with zero attached hydrogens (tertiary/aromatic N) is 2. The Kier molecular flexibility index (Phi) is 25.6. The van der Waals surface area contributed by atoms with Crippen molar-refractivity contribution in [1.29, 1.82) is 0 Å². The first-order valence-electron chi connectivity index (χ1n) is 34.0. The Morgan fingerprint density at radius 2 is 0.696 bits per heavy atom. The number of urea groups is 4. The number of aromatic nitrogens is 2. The fraction of sp³-hybridized carbons (Fsp3) is 0.385. The Labute approximate surface area is 559 Å². The predicted molar refractivity (Wildman–Crippen MR) is 395 cm³/mol. The van der Waals surface area contributed by atoms with Crippen molar-refractivity contribution in [2.75, 3.05) is 13.1 Å². The van der Waals surface area contributed by atoms with Crippen molar-refractivity contribution < 1.29 is 19.2 Å². The quantitative estimate of drug-likeness (QED) is 0.0163. The number of primary amides is 2. The summed E-state index contributed by atoms with van der Waals surface area (Å²) in [7, 11) is 0. The predicted octanol–water partition coefficient (Wildman–Crippen LogP) is 20.9. The molecule has 0 radical (unpaired) electrons. The van der Waals surface area contributed by atoms with Crippen molar-refractivity contribution in [2.24, 2.45) is 11.5 Å². The van der Waals surface area contributed by atoms with Crippen molar-refractivity contribution in [1.82, 2.24) is 30.4 Å². The number of imide groups is 2. The molecule has 12 nitrogen and oxygen atoms in total. The van der Waals surface area contributed by atoms with E-state index in [1.54, 1.807) is 5.32 Å². The summed E-state index contributed by atoms with van der Waals surface area (Å²) in [5.74, 6) is 0. The van der Waals surface area contributed by atoms with Crippen LogP contribution in [0.2, 0.25) is 0 Å². The maximum absolute atomic E-state index is 12.8. The first kappa shape index (κ1) is 68.7. The highest BCUT2D eigenvalue weighted by Gasteiger charge is 2.19. The topological polar surface area (TPSA) is 178 Å². The third kappa shape index (κ3) is 17.5. The second-order valence-corrected chi connectivity index (χ2v) is 26.5. The van der Waals surface area contributed by atoms with Crippen LogP contribution in [0.25, 0.3) is 86.7 Å². The van der Waals surface area contributed by atoms with Crippen LogP contribution in [-0.4, -0.2) is 46.3 Å². The van der Waals surface area contributed by atoms with E-state index in [-0.39, 0.29) is 0 Å². The van der Waals surface area contributed by atoms with Crippen LogP contribution in [0.3, 0.4) is 0 Å². The molecule has 2 aromatic heterocycles. The maximum atomic E-state index is 12.8. The van der Waals surface area contributed by atoms with Gasteiger partial charge in [-0.25, -0.2) is 19.2 Å². The van der Waals surface area contributed by atoms with E-state index in [1.807, 2.05) is 0 Å². The lowest BCUT2D eigenvalue weighted by Crippen LogP contribution is -2.45. The number of hydrogen-bond donors (Lipinski definition) is 6. The average molecular weight is 1370 g/mol. The smallest absolute Gasteiger partial charge is 0.322 e. The number of halogens is 2. The van der Waals surface area contributed by atoms with E-state index in [2.05, 4.69) is 230 Å². The van der Waals surface area contributed by atoms with Gasteiger partial charge >= 0.3 is 24.1 Å². The lowest BCUT2D eigenvalue weighted by Gasteiger charge is -2.16. The van der Waals surface area contributed by atoms with Gasteiger partial charge in [0.15, 0.2) is 0 Å². The second kappa shape index (κ2) is 34.3. The normalized spacial score (nSPS) is 11.5. The highest BCUT2D eigenvalue weighted by atomic mass is 79.9. The summed E-state index contributed by atoms with van der Waals surface area (Å²) in [6.45, 7) is 11.6. The lowest BCUT2D eigenvalue weighted by atomic mass is 9.90. The molecule has 0 unspecified atom stereocenters. The third-order valence-electron chi connectivity index (χ3n) is 18.0. The number of unbranched alkanes of at least 4 members (excludes halogenated alkanes) is 12. The summed E-state index contributed by atoms with van der Waals surface area (Å²) in [5, 5.41) is 25.7. The zero-order valence-electron chi connectivity index (χ0n) is 54.5. The number of aryl methyl sites for hydroxylation is 6. The van der Waals surface area contributed by atoms with Crippen molar-refractivity contribution >= 4 is 143 Å². The van der Waals surface area contributed by atoms with Gasteiger partial charge in [-0.2, -0.15) is 0 Å². The van der Waals surface area contributed by atoms with Crippen LogP contribution in [0.4, 0.5) is 19.2 Å². The van der Waals surface area contributed by atoms with Gasteiger partial charge in [0, 0.05) is 89.5 Å². The summed E-state index contributed by atoms with van der Waals surface area (Å²) >= 11 is 7.54. The highest BCUT2D eigenvalue weighted by Crippen LogP contribution is 2.45. The van der Waals surface area contributed by atoms with E-state index < -0.39 is 24.1 Å². The summed E-state index contributed by atoms with van der Waals surface area (Å²) in [6, 6.07) is 47.1. The molecule has 14 heteroatoms. The van der Waals surface area contributed by atoms with Crippen LogP contribution in [0, 0.1) is 0 Å². The molecule has 0 aliphatic heterocycles. The lowest BCUT2D eigenvalue weighted by molar-refractivity contribution is 0.226. The summed E-state index contributed by atoms with van der Waals surface area (Å²) in [5.41, 5.74) is 19.5. The van der Waals surface area contributed by atoms with E-state index >= 15 is 0 Å². The number of hydrogen-bond acceptors (Lipinski definition) is 4. The first-order valence-corrected chi connectivity index (χ1v) is 35.6. The molecule has 0 spiro atoms. The van der Waals surface area contributed by atoms with Crippen molar-refractivity contribution in [3.63, 3.8) is 0 Å². The number of rotatable bonds is 28. The minimum absolute atomic E-state index is 0.464. The third-order valence-corrected chi connectivity index (χ3v) is 19.3. The molecular formula is C78H94Br2N8O4. The molecule has 0 aliphatic carbocycles. The highest BCUT2D eigenvalue weighted by molar-refractivity contribution is 9.11. The van der Waals surface area contributed by atoms with Crippen LogP contribution in [0.15, 0.2) is 142 Å². The molecule has 11 aromatic rings. The zero-order valence-corrected chi connectivity index (χ0v) is 57.7. The molecule has 11 rings (SSSR count). The van der Waals surface area contributed by atoms with E-state index in [4.69, 9.17) is 0 Å². The largest absolute Gasteiger partial charge is 0.351 e. The average Bonchev–Trinajstić information content (AvgIpc) is 1.06. The summed E-state index contributed by atoms with van der Waals surface area (Å²) in [6.07, 6.45) is 26.2. The van der Waals surface area contributed by atoms with Crippen LogP contribution >= 0.6 is 31.9 Å². The fourth-order valence-corrected chi connectivity index (χ4v) is 14.5. The summed E-state index contributed by atoms with van der Waals surface area (Å²) < 4.78 is 7.14. The van der Waals surface area contributed by atoms with E-state index in [0.29, 0.717) is 13.1 Å². The molecule has 0 fully saturated rings. The van der Waals surface area contributed by atoms with Crippen molar-refractivity contribution in [3.8, 4) is 0 Å². The van der Waals surface area contributed by atoms with Gasteiger partial charge in [0.2, 0.25) is 0 Å². The van der Waals surface area contributed by atoms with Gasteiger partial charge in [-0.1, -0.05) is 209 Å². The monoisotopic (exact) mass is 1360 g/mol. The van der Waals surface area contributed by atoms with Gasteiger partial charge < -0.3 is 31.2 Å². The Balaban J connectivity index is 0.000000279. The van der Waals surface area contributed by atoms with Crippen molar-refractivity contribution in [2.45, 2.75) is 182 Å². The summed E-state index contributed by atoms with van der Waals surface area (Å²) in [4.78, 5) is 44.9. The minimum atomic E-state index is -0.938. The molecule has 0 aliphatic rings. The molecule has 2 heterocycles. The number of fused-ring (bicyclic) bond motifs is 8. The molecule has 0 saturated carbocycles. The van der Waals surface area contributed by atoms with E-state index in [9.17, 15) is 19.2 Å². The van der Waals surface area contributed by atoms with E-state index in [0.717, 1.165) is 60.6 Å². The maximum Gasteiger partial charge on any atom is 0.322 e. The molecule has 0 atom stereocenters. The SMILES string of the molecule is Brc1ccc2ccc(Br)c3c4cccc5cccc(c1c23)c54.CCCCCCc1ccc2c(c1)c1cc(CCCCCC)ccc1n2CCCNC(=O)NC(=O)NCCCn1c2ccc(CCCCCC)cc2c2cc(CCCCCC)ccc21.NC(=O)NC(N)=O. The van der Waals surface area contributed by atoms with Crippen LogP contribution in [-0.2, 0) is 38.8 Å². The van der Waals surface area contributed by atoms with Gasteiger partial charge in [0.05, 0.1) is 0 Å². The van der Waals surface area contributed by atoms with E-state index in [1.165, 1.54) is 212 Å². The van der Waals surface area contributed by atoms with Gasteiger partial charge in [-0.15, -0.1) is 0 Å². The number of carbonyl (C=O) groups excluding carboxylic acids is 4. The molecular weight excluding hydrogens is 1270 g/mol. The number of amides is 8. The number of benzene rings is 9. The molecule has 0 saturated heterocycles. The van der Waals surface area contributed by atoms with Crippen LogP contribution < -0.4 is 32.7 Å². The van der Waals surface area contributed by atoms with Crippen LogP contribution in [0.5, 0.6) is 0 Å². The van der Waals surface area contributed by atoms with Gasteiger partial charge in [0.1, 0.15) is 0 Å². The Morgan fingerprint density at radius 3 is 1.01 bits per heavy atom. The Bertz CT molecular complexity index is 3900. The van der Waals surface area contributed by atoms with Gasteiger partial charge in [0.25, 0.3) is 0 Å². The Morgan fingerprint density at radius 1 is 0.359 bits per heavy atom. The van der Waals surface area contributed by atoms with Crippen LogP contribution in [0.1, 0.15) is 166 Å². The second-order valence-electron chi connectivity index (χ2n) is 24.8. The standard InChI is InChI=1S/C56H79N5O2.C20H10Br2.C2H5N3O2/c1-5-9-13-17-23-43-27-31-51-47(39-43)48-40-44(24-18-14-10-6-2)28-32-52(48)60(51)37-21-35-57-55(62)59-56(63)58-36-22-38-61-53-33-29-45(25-19-15-11-7-3)41-49(53)50-42-46(30-34-54(50)61)26-20-16-12-8-4;21-15-9-7-12-8-10-16(22)20-14-6-2-4-11-3-1-5-13(17(11)14)19(15)18(12)20;3-1(6)5-2(4)7/h27-34,39-42H,5-26,35-38H2,1-4H3,(H3,57,58,59,62,63);1-10H;(H5,3,4,5,6,7).